The minimum absolute atomic E-state index is 0.155. The Morgan fingerprint density at radius 3 is 2.50 bits per heavy atom. The number of hydrogen-bond donors (Lipinski definition) is 0. The van der Waals surface area contributed by atoms with Crippen LogP contribution in [0.15, 0.2) is 23.1 Å². The molecule has 172 valence electrons. The maximum absolute atomic E-state index is 13.1. The third-order valence-corrected chi connectivity index (χ3v) is 8.18. The number of fused-ring (bicyclic) bond motifs is 1. The van der Waals surface area contributed by atoms with E-state index in [2.05, 4.69) is 5.10 Å². The number of halogens is 1. The third kappa shape index (κ3) is 3.96. The lowest BCUT2D eigenvalue weighted by molar-refractivity contribution is -0.133. The molecule has 0 unspecified atom stereocenters. The number of sulfonamides is 1. The number of carbonyl (C=O) groups excluding carboxylic acids is 2. The molecule has 0 atom stereocenters. The van der Waals surface area contributed by atoms with Crippen LogP contribution in [0.3, 0.4) is 0 Å². The van der Waals surface area contributed by atoms with Gasteiger partial charge in [0, 0.05) is 38.2 Å². The average molecular weight is 482 g/mol. The van der Waals surface area contributed by atoms with Crippen LogP contribution in [-0.2, 0) is 26.7 Å². The van der Waals surface area contributed by atoms with E-state index in [9.17, 15) is 18.0 Å². The van der Waals surface area contributed by atoms with Gasteiger partial charge in [0.25, 0.3) is 5.91 Å². The number of anilines is 1. The summed E-state index contributed by atoms with van der Waals surface area (Å²) in [5.74, 6) is -0.117. The minimum Gasteiger partial charge on any atom is -0.482 e. The summed E-state index contributed by atoms with van der Waals surface area (Å²) in [6, 6.07) is 4.90. The molecule has 1 fully saturated rings. The third-order valence-electron chi connectivity index (χ3n) is 5.79. The summed E-state index contributed by atoms with van der Waals surface area (Å²) in [5.41, 5.74) is 1.47. The van der Waals surface area contributed by atoms with Crippen molar-refractivity contribution in [2.24, 2.45) is 7.05 Å². The number of aromatic nitrogens is 2. The second-order valence-electron chi connectivity index (χ2n) is 7.79. The van der Waals surface area contributed by atoms with E-state index in [-0.39, 0.29) is 56.0 Å². The SMILES string of the molecule is Cc1nn(C)c(C)c1S(=O)(=O)N1CCN(C(=O)CN2C(=O)COc3ccc(Cl)cc32)CC1. The van der Waals surface area contributed by atoms with E-state index in [0.717, 1.165) is 0 Å². The standard InChI is InChI=1S/C20H24ClN5O5S/c1-13-20(14(2)23(3)22-13)32(29,30)25-8-6-24(7-9-25)18(27)11-26-16-10-15(21)4-5-17(16)31-12-19(26)28/h4-5,10H,6-9,11-12H2,1-3H3. The van der Waals surface area contributed by atoms with Gasteiger partial charge in [-0.3, -0.25) is 19.2 Å². The van der Waals surface area contributed by atoms with Crippen LogP contribution in [0.1, 0.15) is 11.4 Å². The summed E-state index contributed by atoms with van der Waals surface area (Å²) in [7, 11) is -2.01. The van der Waals surface area contributed by atoms with Gasteiger partial charge in [-0.2, -0.15) is 9.40 Å². The number of rotatable bonds is 4. The predicted molar refractivity (Wildman–Crippen MR) is 117 cm³/mol. The number of nitrogens with zero attached hydrogens (tertiary/aromatic N) is 5. The van der Waals surface area contributed by atoms with Crippen LogP contribution in [0.4, 0.5) is 5.69 Å². The van der Waals surface area contributed by atoms with Crippen LogP contribution in [0, 0.1) is 13.8 Å². The van der Waals surface area contributed by atoms with Crippen LogP contribution >= 0.6 is 11.6 Å². The van der Waals surface area contributed by atoms with Crippen molar-refractivity contribution in [1.82, 2.24) is 19.0 Å². The zero-order valence-electron chi connectivity index (χ0n) is 18.0. The van der Waals surface area contributed by atoms with E-state index in [1.54, 1.807) is 48.7 Å². The zero-order chi connectivity index (χ0) is 23.2. The fraction of sp³-hybridized carbons (Fsp3) is 0.450. The van der Waals surface area contributed by atoms with Crippen molar-refractivity contribution in [3.8, 4) is 5.75 Å². The van der Waals surface area contributed by atoms with Gasteiger partial charge in [0.1, 0.15) is 17.2 Å². The molecule has 1 aromatic heterocycles. The molecular weight excluding hydrogens is 458 g/mol. The Morgan fingerprint density at radius 1 is 1.19 bits per heavy atom. The van der Waals surface area contributed by atoms with E-state index in [0.29, 0.717) is 27.8 Å². The van der Waals surface area contributed by atoms with Gasteiger partial charge in [0.05, 0.1) is 17.1 Å². The second-order valence-corrected chi connectivity index (χ2v) is 10.1. The van der Waals surface area contributed by atoms with Gasteiger partial charge in [-0.25, -0.2) is 8.42 Å². The molecule has 10 nitrogen and oxygen atoms in total. The second kappa shape index (κ2) is 8.38. The van der Waals surface area contributed by atoms with Crippen LogP contribution < -0.4 is 9.64 Å². The molecule has 1 aromatic carbocycles. The summed E-state index contributed by atoms with van der Waals surface area (Å²) >= 11 is 6.05. The van der Waals surface area contributed by atoms with E-state index >= 15 is 0 Å². The maximum atomic E-state index is 13.1. The Morgan fingerprint density at radius 2 is 1.88 bits per heavy atom. The first-order chi connectivity index (χ1) is 15.1. The highest BCUT2D eigenvalue weighted by molar-refractivity contribution is 7.89. The Kier molecular flexibility index (Phi) is 5.91. The molecule has 2 amide bonds. The van der Waals surface area contributed by atoms with Crippen LogP contribution in [0.2, 0.25) is 5.02 Å². The fourth-order valence-electron chi connectivity index (χ4n) is 4.02. The van der Waals surface area contributed by atoms with Gasteiger partial charge in [-0.05, 0) is 32.0 Å². The van der Waals surface area contributed by atoms with Gasteiger partial charge in [0.15, 0.2) is 6.61 Å². The van der Waals surface area contributed by atoms with Crippen molar-refractivity contribution in [2.75, 3.05) is 44.2 Å². The molecule has 1 saturated heterocycles. The molecule has 2 aromatic rings. The van der Waals surface area contributed by atoms with Crippen molar-refractivity contribution in [3.05, 3.63) is 34.6 Å². The van der Waals surface area contributed by atoms with Crippen molar-refractivity contribution in [1.29, 1.82) is 0 Å². The van der Waals surface area contributed by atoms with Crippen LogP contribution in [0.25, 0.3) is 0 Å². The summed E-state index contributed by atoms with van der Waals surface area (Å²) < 4.78 is 34.6. The zero-order valence-corrected chi connectivity index (χ0v) is 19.6. The van der Waals surface area contributed by atoms with Crippen molar-refractivity contribution in [3.63, 3.8) is 0 Å². The number of hydrogen-bond acceptors (Lipinski definition) is 6. The molecule has 4 rings (SSSR count). The Hall–Kier alpha value is -2.63. The molecule has 0 radical (unpaired) electrons. The van der Waals surface area contributed by atoms with Gasteiger partial charge >= 0.3 is 0 Å². The molecule has 12 heteroatoms. The lowest BCUT2D eigenvalue weighted by Crippen LogP contribution is -2.53. The first-order valence-corrected chi connectivity index (χ1v) is 11.9. The number of benzene rings is 1. The number of amides is 2. The average Bonchev–Trinajstić information content (AvgIpc) is 3.02. The quantitative estimate of drug-likeness (QED) is 0.643. The topological polar surface area (TPSA) is 105 Å². The van der Waals surface area contributed by atoms with Gasteiger partial charge in [0.2, 0.25) is 15.9 Å². The van der Waals surface area contributed by atoms with Gasteiger partial charge < -0.3 is 9.64 Å². The largest absolute Gasteiger partial charge is 0.482 e. The molecule has 32 heavy (non-hydrogen) atoms. The molecule has 0 spiro atoms. The first kappa shape index (κ1) is 22.6. The smallest absolute Gasteiger partial charge is 0.265 e. The van der Waals surface area contributed by atoms with E-state index < -0.39 is 10.0 Å². The maximum Gasteiger partial charge on any atom is 0.265 e. The van der Waals surface area contributed by atoms with Gasteiger partial charge in [-0.15, -0.1) is 0 Å². The Labute approximate surface area is 191 Å². The fourth-order valence-corrected chi connectivity index (χ4v) is 6.01. The molecule has 2 aliphatic heterocycles. The molecular formula is C20H24ClN5O5S. The number of ether oxygens (including phenoxy) is 1. The number of aryl methyl sites for hydroxylation is 2. The summed E-state index contributed by atoms with van der Waals surface area (Å²) in [4.78, 5) is 28.5. The van der Waals surface area contributed by atoms with Crippen LogP contribution in [0.5, 0.6) is 5.75 Å². The Balaban J connectivity index is 1.45. The van der Waals surface area contributed by atoms with E-state index in [1.807, 2.05) is 0 Å². The van der Waals surface area contributed by atoms with Crippen LogP contribution in [-0.4, -0.2) is 78.5 Å². The molecule has 2 aliphatic rings. The van der Waals surface area contributed by atoms with Crippen molar-refractivity contribution in [2.45, 2.75) is 18.7 Å². The lowest BCUT2D eigenvalue weighted by Gasteiger charge is -2.36. The highest BCUT2D eigenvalue weighted by Crippen LogP contribution is 2.34. The monoisotopic (exact) mass is 481 g/mol. The normalized spacial score (nSPS) is 17.3. The highest BCUT2D eigenvalue weighted by Gasteiger charge is 2.35. The predicted octanol–water partition coefficient (Wildman–Crippen LogP) is 0.949. The highest BCUT2D eigenvalue weighted by atomic mass is 35.5. The molecule has 0 N–H and O–H groups in total. The lowest BCUT2D eigenvalue weighted by atomic mass is 10.2. The number of carbonyl (C=O) groups is 2. The van der Waals surface area contributed by atoms with Gasteiger partial charge in [-0.1, -0.05) is 11.6 Å². The van der Waals surface area contributed by atoms with Crippen molar-refractivity contribution >= 4 is 39.1 Å². The first-order valence-electron chi connectivity index (χ1n) is 10.1. The van der Waals surface area contributed by atoms with E-state index in [4.69, 9.17) is 16.3 Å². The summed E-state index contributed by atoms with van der Waals surface area (Å²) in [5, 5.41) is 4.63. The number of piperazine rings is 1. The molecule has 0 aliphatic carbocycles. The van der Waals surface area contributed by atoms with Crippen molar-refractivity contribution < 1.29 is 22.7 Å². The van der Waals surface area contributed by atoms with E-state index in [1.165, 1.54) is 9.21 Å². The molecule has 3 heterocycles. The molecule has 0 bridgehead atoms. The summed E-state index contributed by atoms with van der Waals surface area (Å²) in [6.45, 7) is 3.87. The Bertz CT molecular complexity index is 1190. The molecule has 0 saturated carbocycles. The summed E-state index contributed by atoms with van der Waals surface area (Å²) in [6.07, 6.45) is 0. The minimum atomic E-state index is -3.72.